The first kappa shape index (κ1) is 30.5. The number of phenolic OH excluding ortho intramolecular Hbond substituents is 1. The Bertz CT molecular complexity index is 610. The maximum Gasteiger partial charge on any atom is 0.314 e. The molecule has 3 nitrogen and oxygen atoms in total. The van der Waals surface area contributed by atoms with E-state index in [4.69, 9.17) is 0 Å². The van der Waals surface area contributed by atoms with E-state index in [2.05, 4.69) is 13.8 Å². The molecule has 0 spiro atoms. The standard InChI is InChI=1S/C31H54O3/c1-3-5-7-8-9-10-11-12-13-14-15-16-17-18-19-20-21-27-31(30(33)34,26-6-4-2)28-22-24-29(32)25-23-28/h22-25,32H,3-21,26-27H2,1-2H3,(H,33,34). The average molecular weight is 475 g/mol. The fraction of sp³-hybridized carbons (Fsp3) is 0.774. The summed E-state index contributed by atoms with van der Waals surface area (Å²) in [4.78, 5) is 12.4. The number of phenols is 1. The first-order valence-electron chi connectivity index (χ1n) is 14.6. The summed E-state index contributed by atoms with van der Waals surface area (Å²) in [6.07, 6.45) is 25.9. The lowest BCUT2D eigenvalue weighted by atomic mass is 9.72. The molecule has 0 saturated heterocycles. The third kappa shape index (κ3) is 12.8. The topological polar surface area (TPSA) is 57.5 Å². The lowest BCUT2D eigenvalue weighted by Crippen LogP contribution is -2.36. The Labute approximate surface area is 210 Å². The van der Waals surface area contributed by atoms with Gasteiger partial charge in [-0.25, -0.2) is 0 Å². The second-order valence-electron chi connectivity index (χ2n) is 10.4. The second-order valence-corrected chi connectivity index (χ2v) is 10.4. The second kappa shape index (κ2) is 19.8. The van der Waals surface area contributed by atoms with Gasteiger partial charge in [0.1, 0.15) is 5.75 Å². The summed E-state index contributed by atoms with van der Waals surface area (Å²) in [5.41, 5.74) is 0.0157. The molecule has 0 amide bonds. The van der Waals surface area contributed by atoms with Gasteiger partial charge in [-0.15, -0.1) is 0 Å². The van der Waals surface area contributed by atoms with Gasteiger partial charge in [0.2, 0.25) is 0 Å². The number of hydrogen-bond donors (Lipinski definition) is 2. The lowest BCUT2D eigenvalue weighted by molar-refractivity contribution is -0.144. The minimum absolute atomic E-state index is 0.191. The predicted octanol–water partition coefficient (Wildman–Crippen LogP) is 9.95. The van der Waals surface area contributed by atoms with Crippen LogP contribution in [0.25, 0.3) is 0 Å². The van der Waals surface area contributed by atoms with Crippen LogP contribution in [0.2, 0.25) is 0 Å². The summed E-state index contributed by atoms with van der Waals surface area (Å²) in [5.74, 6) is -0.528. The van der Waals surface area contributed by atoms with Gasteiger partial charge in [0.25, 0.3) is 0 Å². The van der Waals surface area contributed by atoms with Crippen LogP contribution in [0.3, 0.4) is 0 Å². The molecule has 0 heterocycles. The molecule has 0 aliphatic carbocycles. The van der Waals surface area contributed by atoms with E-state index >= 15 is 0 Å². The van der Waals surface area contributed by atoms with E-state index in [0.717, 1.165) is 31.2 Å². The van der Waals surface area contributed by atoms with Gasteiger partial charge in [0.05, 0.1) is 5.41 Å². The van der Waals surface area contributed by atoms with Crippen LogP contribution in [0.4, 0.5) is 0 Å². The summed E-state index contributed by atoms with van der Waals surface area (Å²) in [6, 6.07) is 6.83. The van der Waals surface area contributed by atoms with E-state index in [1.807, 2.05) is 0 Å². The van der Waals surface area contributed by atoms with Crippen molar-refractivity contribution in [2.24, 2.45) is 0 Å². The normalized spacial score (nSPS) is 13.1. The molecule has 1 atom stereocenters. The number of benzene rings is 1. The third-order valence-corrected chi connectivity index (χ3v) is 7.49. The Hall–Kier alpha value is -1.51. The van der Waals surface area contributed by atoms with E-state index in [0.29, 0.717) is 12.8 Å². The van der Waals surface area contributed by atoms with Crippen LogP contribution in [-0.4, -0.2) is 16.2 Å². The smallest absolute Gasteiger partial charge is 0.314 e. The fourth-order valence-corrected chi connectivity index (χ4v) is 5.16. The summed E-state index contributed by atoms with van der Waals surface area (Å²) in [5, 5.41) is 19.8. The fourth-order valence-electron chi connectivity index (χ4n) is 5.16. The number of carboxylic acid groups (broad SMARTS) is 1. The van der Waals surface area contributed by atoms with Gasteiger partial charge in [-0.05, 0) is 30.5 Å². The van der Waals surface area contributed by atoms with E-state index in [9.17, 15) is 15.0 Å². The van der Waals surface area contributed by atoms with Crippen LogP contribution < -0.4 is 0 Å². The van der Waals surface area contributed by atoms with Gasteiger partial charge in [-0.2, -0.15) is 0 Å². The van der Waals surface area contributed by atoms with Crippen LogP contribution in [-0.2, 0) is 10.2 Å². The molecular formula is C31H54O3. The van der Waals surface area contributed by atoms with Crippen LogP contribution in [0.1, 0.15) is 154 Å². The molecule has 0 aliphatic rings. The van der Waals surface area contributed by atoms with Gasteiger partial charge in [-0.3, -0.25) is 4.79 Å². The monoisotopic (exact) mass is 474 g/mol. The van der Waals surface area contributed by atoms with Crippen molar-refractivity contribution in [3.8, 4) is 5.75 Å². The average Bonchev–Trinajstić information content (AvgIpc) is 2.83. The molecule has 0 fully saturated rings. The zero-order valence-electron chi connectivity index (χ0n) is 22.5. The van der Waals surface area contributed by atoms with Gasteiger partial charge in [0.15, 0.2) is 0 Å². The highest BCUT2D eigenvalue weighted by Gasteiger charge is 2.39. The third-order valence-electron chi connectivity index (χ3n) is 7.49. The Kier molecular flexibility index (Phi) is 17.7. The van der Waals surface area contributed by atoms with E-state index in [1.165, 1.54) is 96.3 Å². The number of unbranched alkanes of at least 4 members (excludes halogenated alkanes) is 17. The van der Waals surface area contributed by atoms with E-state index in [-0.39, 0.29) is 5.75 Å². The van der Waals surface area contributed by atoms with Crippen molar-refractivity contribution < 1.29 is 15.0 Å². The van der Waals surface area contributed by atoms with Crippen molar-refractivity contribution in [2.75, 3.05) is 0 Å². The molecule has 1 aromatic carbocycles. The highest BCUT2D eigenvalue weighted by Crippen LogP contribution is 2.37. The molecule has 0 aliphatic heterocycles. The minimum Gasteiger partial charge on any atom is -0.508 e. The van der Waals surface area contributed by atoms with E-state index in [1.54, 1.807) is 24.3 Å². The molecule has 0 bridgehead atoms. The number of aromatic hydroxyl groups is 1. The van der Waals surface area contributed by atoms with Gasteiger partial charge >= 0.3 is 5.97 Å². The summed E-state index contributed by atoms with van der Waals surface area (Å²) < 4.78 is 0. The van der Waals surface area contributed by atoms with Crippen LogP contribution >= 0.6 is 0 Å². The number of carbonyl (C=O) groups is 1. The SMILES string of the molecule is CCCCCCCCCCCCCCCCCCCC(CCCC)(C(=O)O)c1ccc(O)cc1. The summed E-state index contributed by atoms with van der Waals surface area (Å²) >= 11 is 0. The number of hydrogen-bond acceptors (Lipinski definition) is 2. The molecule has 2 N–H and O–H groups in total. The lowest BCUT2D eigenvalue weighted by Gasteiger charge is -2.30. The zero-order valence-corrected chi connectivity index (χ0v) is 22.5. The molecule has 34 heavy (non-hydrogen) atoms. The Morgan fingerprint density at radius 2 is 0.941 bits per heavy atom. The van der Waals surface area contributed by atoms with Crippen LogP contribution in [0.5, 0.6) is 5.75 Å². The Balaban J connectivity index is 2.14. The molecule has 1 rings (SSSR count). The van der Waals surface area contributed by atoms with Crippen molar-refractivity contribution in [1.29, 1.82) is 0 Å². The molecule has 0 radical (unpaired) electrons. The predicted molar refractivity (Wildman–Crippen MR) is 146 cm³/mol. The zero-order chi connectivity index (χ0) is 24.9. The molecule has 196 valence electrons. The number of carboxylic acids is 1. The van der Waals surface area contributed by atoms with Crippen LogP contribution in [0.15, 0.2) is 24.3 Å². The first-order valence-corrected chi connectivity index (χ1v) is 14.6. The van der Waals surface area contributed by atoms with E-state index < -0.39 is 11.4 Å². The molecular weight excluding hydrogens is 420 g/mol. The summed E-state index contributed by atoms with van der Waals surface area (Å²) in [6.45, 7) is 4.39. The van der Waals surface area contributed by atoms with Gasteiger partial charge in [0, 0.05) is 0 Å². The number of rotatable bonds is 23. The highest BCUT2D eigenvalue weighted by molar-refractivity contribution is 5.81. The quantitative estimate of drug-likeness (QED) is 0.155. The first-order chi connectivity index (χ1) is 16.6. The molecule has 1 unspecified atom stereocenters. The molecule has 1 aromatic rings. The Morgan fingerprint density at radius 1 is 0.588 bits per heavy atom. The van der Waals surface area contributed by atoms with Crippen molar-refractivity contribution >= 4 is 5.97 Å². The van der Waals surface area contributed by atoms with Crippen molar-refractivity contribution in [3.63, 3.8) is 0 Å². The van der Waals surface area contributed by atoms with Crippen molar-refractivity contribution in [2.45, 2.75) is 154 Å². The Morgan fingerprint density at radius 3 is 1.32 bits per heavy atom. The molecule has 0 aromatic heterocycles. The summed E-state index contributed by atoms with van der Waals surface area (Å²) in [7, 11) is 0. The maximum absolute atomic E-state index is 12.4. The molecule has 3 heteroatoms. The van der Waals surface area contributed by atoms with Gasteiger partial charge < -0.3 is 10.2 Å². The highest BCUT2D eigenvalue weighted by atomic mass is 16.4. The van der Waals surface area contributed by atoms with Crippen LogP contribution in [0, 0.1) is 0 Å². The molecule has 0 saturated carbocycles. The van der Waals surface area contributed by atoms with Crippen molar-refractivity contribution in [1.82, 2.24) is 0 Å². The minimum atomic E-state index is -0.820. The van der Waals surface area contributed by atoms with Crippen molar-refractivity contribution in [3.05, 3.63) is 29.8 Å². The van der Waals surface area contributed by atoms with Gasteiger partial charge in [-0.1, -0.05) is 148 Å². The number of aliphatic carboxylic acids is 1. The maximum atomic E-state index is 12.4. The largest absolute Gasteiger partial charge is 0.508 e.